The third-order valence-electron chi connectivity index (χ3n) is 5.77. The summed E-state index contributed by atoms with van der Waals surface area (Å²) in [6, 6.07) is 17.6. The predicted molar refractivity (Wildman–Crippen MR) is 134 cm³/mol. The Labute approximate surface area is 215 Å². The fraction of sp³-hybridized carbons (Fsp3) is 0.179. The van der Waals surface area contributed by atoms with Gasteiger partial charge >= 0.3 is 12.1 Å². The summed E-state index contributed by atoms with van der Waals surface area (Å²) < 4.78 is 59.0. The zero-order valence-electron chi connectivity index (χ0n) is 20.0. The van der Waals surface area contributed by atoms with Crippen LogP contribution in [0.5, 0.6) is 5.75 Å². The van der Waals surface area contributed by atoms with Crippen molar-refractivity contribution in [2.24, 2.45) is 0 Å². The number of carbonyl (C=O) groups is 1. The van der Waals surface area contributed by atoms with Crippen LogP contribution in [0.3, 0.4) is 0 Å². The lowest BCUT2D eigenvalue weighted by Gasteiger charge is -2.21. The quantitative estimate of drug-likeness (QED) is 0.247. The SMILES string of the molecule is CCOc1ccccc1-c1ccc(-c2nc3ccc(F)cc3c(NC(CC(F)(F)F)C(=O)O)c2C#N)cc1. The van der Waals surface area contributed by atoms with Crippen molar-refractivity contribution >= 4 is 22.6 Å². The largest absolute Gasteiger partial charge is 0.493 e. The monoisotopic (exact) mass is 523 g/mol. The summed E-state index contributed by atoms with van der Waals surface area (Å²) in [4.78, 5) is 16.1. The number of alkyl halides is 3. The van der Waals surface area contributed by atoms with Crippen LogP contribution in [0.2, 0.25) is 0 Å². The number of benzene rings is 3. The van der Waals surface area contributed by atoms with Gasteiger partial charge in [0.25, 0.3) is 0 Å². The van der Waals surface area contributed by atoms with Gasteiger partial charge in [0.05, 0.1) is 29.9 Å². The van der Waals surface area contributed by atoms with Crippen molar-refractivity contribution in [1.82, 2.24) is 4.98 Å². The molecule has 0 amide bonds. The van der Waals surface area contributed by atoms with E-state index in [4.69, 9.17) is 4.74 Å². The molecule has 3 aromatic carbocycles. The molecular weight excluding hydrogens is 502 g/mol. The molecule has 0 saturated heterocycles. The van der Waals surface area contributed by atoms with E-state index in [1.165, 1.54) is 6.07 Å². The first-order valence-corrected chi connectivity index (χ1v) is 11.5. The maximum Gasteiger partial charge on any atom is 0.391 e. The zero-order chi connectivity index (χ0) is 27.4. The van der Waals surface area contributed by atoms with Gasteiger partial charge in [-0.15, -0.1) is 0 Å². The molecule has 2 N–H and O–H groups in total. The fourth-order valence-corrected chi connectivity index (χ4v) is 4.10. The predicted octanol–water partition coefficient (Wildman–Crippen LogP) is 6.80. The standard InChI is InChI=1S/C28H21F4N3O3/c1-2-38-24-6-4-3-5-19(24)16-7-9-17(10-8-16)25-21(15-33)26(20-13-18(29)11-12-22(20)34-25)35-23(27(36)37)14-28(30,31)32/h3-13,23H,2,14H2,1H3,(H,34,35)(H,36,37). The van der Waals surface area contributed by atoms with Gasteiger partial charge in [0.2, 0.25) is 0 Å². The molecule has 1 atom stereocenters. The number of nitrogens with one attached hydrogen (secondary N) is 1. The number of ether oxygens (including phenoxy) is 1. The number of hydrogen-bond acceptors (Lipinski definition) is 5. The van der Waals surface area contributed by atoms with Crippen LogP contribution in [0.25, 0.3) is 33.3 Å². The average Bonchev–Trinajstić information content (AvgIpc) is 2.88. The number of fused-ring (bicyclic) bond motifs is 1. The van der Waals surface area contributed by atoms with Crippen LogP contribution in [0.15, 0.2) is 66.7 Å². The van der Waals surface area contributed by atoms with E-state index in [1.807, 2.05) is 37.3 Å². The van der Waals surface area contributed by atoms with E-state index in [-0.39, 0.29) is 27.8 Å². The Morgan fingerprint density at radius 2 is 1.79 bits per heavy atom. The summed E-state index contributed by atoms with van der Waals surface area (Å²) in [5.41, 5.74) is 1.93. The molecule has 1 heterocycles. The van der Waals surface area contributed by atoms with E-state index in [2.05, 4.69) is 10.3 Å². The number of para-hydroxylation sites is 1. The molecule has 0 bridgehead atoms. The Bertz CT molecular complexity index is 1530. The van der Waals surface area contributed by atoms with Crippen molar-refractivity contribution in [3.63, 3.8) is 0 Å². The van der Waals surface area contributed by atoms with E-state index in [0.29, 0.717) is 17.9 Å². The first kappa shape index (κ1) is 26.4. The molecule has 0 radical (unpaired) electrons. The Morgan fingerprint density at radius 1 is 1.11 bits per heavy atom. The molecule has 0 aliphatic rings. The van der Waals surface area contributed by atoms with Crippen LogP contribution in [-0.2, 0) is 4.79 Å². The van der Waals surface area contributed by atoms with Gasteiger partial charge in [-0.3, -0.25) is 0 Å². The van der Waals surface area contributed by atoms with Gasteiger partial charge in [-0.1, -0.05) is 42.5 Å². The van der Waals surface area contributed by atoms with Crippen molar-refractivity contribution in [1.29, 1.82) is 5.26 Å². The lowest BCUT2D eigenvalue weighted by molar-refractivity contribution is -0.154. The van der Waals surface area contributed by atoms with Crippen molar-refractivity contribution in [2.45, 2.75) is 25.6 Å². The third-order valence-corrected chi connectivity index (χ3v) is 5.77. The first-order valence-electron chi connectivity index (χ1n) is 11.5. The van der Waals surface area contributed by atoms with Gasteiger partial charge < -0.3 is 15.2 Å². The molecule has 0 aliphatic heterocycles. The minimum Gasteiger partial charge on any atom is -0.493 e. The van der Waals surface area contributed by atoms with Gasteiger partial charge in [0, 0.05) is 16.5 Å². The Balaban J connectivity index is 1.85. The molecular formula is C28H21F4N3O3. The van der Waals surface area contributed by atoms with Crippen LogP contribution in [0, 0.1) is 17.1 Å². The molecule has 6 nitrogen and oxygen atoms in total. The van der Waals surface area contributed by atoms with Crippen molar-refractivity contribution in [2.75, 3.05) is 11.9 Å². The van der Waals surface area contributed by atoms with Crippen LogP contribution >= 0.6 is 0 Å². The van der Waals surface area contributed by atoms with Crippen LogP contribution < -0.4 is 10.1 Å². The second-order valence-electron chi connectivity index (χ2n) is 8.34. The average molecular weight is 523 g/mol. The Kier molecular flexibility index (Phi) is 7.48. The number of nitriles is 1. The summed E-state index contributed by atoms with van der Waals surface area (Å²) in [5.74, 6) is -1.81. The van der Waals surface area contributed by atoms with E-state index < -0.39 is 30.4 Å². The highest BCUT2D eigenvalue weighted by atomic mass is 19.4. The number of nitrogens with zero attached hydrogens (tertiary/aromatic N) is 2. The lowest BCUT2D eigenvalue weighted by Crippen LogP contribution is -2.34. The van der Waals surface area contributed by atoms with E-state index in [0.717, 1.165) is 23.3 Å². The maximum absolute atomic E-state index is 14.1. The number of halogens is 4. The molecule has 0 saturated carbocycles. The van der Waals surface area contributed by atoms with Crippen LogP contribution in [-0.4, -0.2) is 34.9 Å². The summed E-state index contributed by atoms with van der Waals surface area (Å²) in [7, 11) is 0. The summed E-state index contributed by atoms with van der Waals surface area (Å²) in [5, 5.41) is 21.7. The summed E-state index contributed by atoms with van der Waals surface area (Å²) >= 11 is 0. The van der Waals surface area contributed by atoms with Crippen molar-refractivity contribution < 1.29 is 32.2 Å². The van der Waals surface area contributed by atoms with Gasteiger partial charge in [0.15, 0.2) is 0 Å². The lowest BCUT2D eigenvalue weighted by atomic mass is 9.97. The van der Waals surface area contributed by atoms with Gasteiger partial charge in [-0.2, -0.15) is 18.4 Å². The topological polar surface area (TPSA) is 95.2 Å². The molecule has 38 heavy (non-hydrogen) atoms. The Hall–Kier alpha value is -4.65. The van der Waals surface area contributed by atoms with E-state index >= 15 is 0 Å². The highest BCUT2D eigenvalue weighted by Gasteiger charge is 2.36. The minimum atomic E-state index is -4.80. The number of hydrogen-bond donors (Lipinski definition) is 2. The molecule has 4 rings (SSSR count). The van der Waals surface area contributed by atoms with Gasteiger partial charge in [0.1, 0.15) is 29.2 Å². The van der Waals surface area contributed by atoms with Gasteiger partial charge in [-0.05, 0) is 36.8 Å². The Morgan fingerprint density at radius 3 is 2.42 bits per heavy atom. The summed E-state index contributed by atoms with van der Waals surface area (Å²) in [6.07, 6.45) is -6.50. The van der Waals surface area contributed by atoms with Gasteiger partial charge in [-0.25, -0.2) is 14.2 Å². The van der Waals surface area contributed by atoms with Crippen molar-refractivity contribution in [3.05, 3.63) is 78.1 Å². The molecule has 0 aliphatic carbocycles. The number of aliphatic carboxylic acids is 1. The highest BCUT2D eigenvalue weighted by Crippen LogP contribution is 2.37. The molecule has 4 aromatic rings. The first-order chi connectivity index (χ1) is 18.1. The number of anilines is 1. The number of carboxylic acids is 1. The van der Waals surface area contributed by atoms with E-state index in [1.54, 1.807) is 24.3 Å². The second-order valence-corrected chi connectivity index (χ2v) is 8.34. The third kappa shape index (κ3) is 5.67. The number of carboxylic acid groups (broad SMARTS) is 1. The normalized spacial score (nSPS) is 12.1. The number of aromatic nitrogens is 1. The molecule has 0 fully saturated rings. The summed E-state index contributed by atoms with van der Waals surface area (Å²) in [6.45, 7) is 2.35. The minimum absolute atomic E-state index is 0.0130. The maximum atomic E-state index is 14.1. The molecule has 0 spiro atoms. The van der Waals surface area contributed by atoms with Crippen molar-refractivity contribution in [3.8, 4) is 34.2 Å². The number of pyridine rings is 1. The molecule has 10 heteroatoms. The van der Waals surface area contributed by atoms with Crippen LogP contribution in [0.4, 0.5) is 23.2 Å². The molecule has 1 aromatic heterocycles. The highest BCUT2D eigenvalue weighted by molar-refractivity contribution is 5.99. The smallest absolute Gasteiger partial charge is 0.391 e. The molecule has 194 valence electrons. The number of rotatable bonds is 8. The zero-order valence-corrected chi connectivity index (χ0v) is 20.0. The second kappa shape index (κ2) is 10.8. The molecule has 1 unspecified atom stereocenters. The van der Waals surface area contributed by atoms with E-state index in [9.17, 15) is 32.7 Å². The fourth-order valence-electron chi connectivity index (χ4n) is 4.10. The van der Waals surface area contributed by atoms with Crippen LogP contribution in [0.1, 0.15) is 18.9 Å².